The maximum atomic E-state index is 13.1. The van der Waals surface area contributed by atoms with Crippen LogP contribution < -0.4 is 5.32 Å². The van der Waals surface area contributed by atoms with Gasteiger partial charge in [-0.2, -0.15) is 4.31 Å². The molecule has 1 heterocycles. The van der Waals surface area contributed by atoms with Gasteiger partial charge in [0.15, 0.2) is 0 Å². The van der Waals surface area contributed by atoms with Crippen LogP contribution in [0.25, 0.3) is 0 Å². The number of amides is 1. The van der Waals surface area contributed by atoms with Crippen molar-refractivity contribution in [1.29, 1.82) is 0 Å². The second kappa shape index (κ2) is 9.66. The summed E-state index contributed by atoms with van der Waals surface area (Å²) in [6.45, 7) is 11.1. The molecule has 6 nitrogen and oxygen atoms in total. The normalized spacial score (nSPS) is 15.7. The van der Waals surface area contributed by atoms with Gasteiger partial charge in [0, 0.05) is 45.2 Å². The number of benzene rings is 1. The summed E-state index contributed by atoms with van der Waals surface area (Å²) in [4.78, 5) is 14.5. The highest BCUT2D eigenvalue weighted by Crippen LogP contribution is 2.20. The van der Waals surface area contributed by atoms with E-state index in [1.165, 1.54) is 4.31 Å². The van der Waals surface area contributed by atoms with Gasteiger partial charge < -0.3 is 10.2 Å². The van der Waals surface area contributed by atoms with E-state index in [-0.39, 0.29) is 24.9 Å². The van der Waals surface area contributed by atoms with E-state index >= 15 is 0 Å². The van der Waals surface area contributed by atoms with Gasteiger partial charge >= 0.3 is 0 Å². The molecule has 1 amide bonds. The Morgan fingerprint density at radius 3 is 2.22 bits per heavy atom. The van der Waals surface area contributed by atoms with Crippen LogP contribution in [0.1, 0.15) is 39.7 Å². The van der Waals surface area contributed by atoms with E-state index in [0.29, 0.717) is 23.9 Å². The molecule has 1 N–H and O–H groups in total. The Morgan fingerprint density at radius 1 is 1.11 bits per heavy atom. The lowest BCUT2D eigenvalue weighted by Crippen LogP contribution is -2.47. The average Bonchev–Trinajstić information content (AvgIpc) is 2.62. The minimum absolute atomic E-state index is 0.0182. The number of nitrogens with one attached hydrogen (secondary N) is 1. The van der Waals surface area contributed by atoms with Gasteiger partial charge in [-0.25, -0.2) is 8.42 Å². The van der Waals surface area contributed by atoms with Crippen LogP contribution in [0.4, 0.5) is 0 Å². The largest absolute Gasteiger partial charge is 0.340 e. The van der Waals surface area contributed by atoms with Crippen molar-refractivity contribution >= 4 is 15.9 Å². The lowest BCUT2D eigenvalue weighted by Gasteiger charge is -2.30. The minimum atomic E-state index is -3.62. The Labute approximate surface area is 164 Å². The summed E-state index contributed by atoms with van der Waals surface area (Å²) in [5.74, 6) is 0.542. The summed E-state index contributed by atoms with van der Waals surface area (Å²) < 4.78 is 27.6. The Bertz CT molecular complexity index is 708. The number of carbonyl (C=O) groups is 1. The van der Waals surface area contributed by atoms with E-state index in [1.54, 1.807) is 12.1 Å². The maximum absolute atomic E-state index is 13.1. The van der Waals surface area contributed by atoms with Crippen molar-refractivity contribution in [2.75, 3.05) is 32.7 Å². The second-order valence-electron chi connectivity index (χ2n) is 7.83. The van der Waals surface area contributed by atoms with Crippen LogP contribution in [-0.4, -0.2) is 62.3 Å². The standard InChI is InChI=1S/C20H33N3O3S/c1-16(2)15-18-5-7-19(8-6-18)27(25,26)23(17(3)4)12-9-20(24)22-13-10-21-11-14-22/h5-8,16-17,21H,9-15H2,1-4H3. The number of nitrogens with zero attached hydrogens (tertiary/aromatic N) is 2. The molecule has 1 aromatic carbocycles. The SMILES string of the molecule is CC(C)Cc1ccc(S(=O)(=O)N(CCC(=O)N2CCNCC2)C(C)C)cc1. The van der Waals surface area contributed by atoms with Gasteiger partial charge in [0.25, 0.3) is 0 Å². The number of rotatable bonds is 8. The van der Waals surface area contributed by atoms with Crippen LogP contribution in [0.3, 0.4) is 0 Å². The Kier molecular flexibility index (Phi) is 7.82. The number of sulfonamides is 1. The first-order valence-electron chi connectivity index (χ1n) is 9.81. The highest BCUT2D eigenvalue weighted by molar-refractivity contribution is 7.89. The molecule has 0 saturated carbocycles. The molecule has 27 heavy (non-hydrogen) atoms. The second-order valence-corrected chi connectivity index (χ2v) is 9.72. The maximum Gasteiger partial charge on any atom is 0.243 e. The van der Waals surface area contributed by atoms with Crippen molar-refractivity contribution in [3.05, 3.63) is 29.8 Å². The zero-order chi connectivity index (χ0) is 20.0. The van der Waals surface area contributed by atoms with Crippen LogP contribution >= 0.6 is 0 Å². The highest BCUT2D eigenvalue weighted by Gasteiger charge is 2.28. The molecule has 1 aliphatic rings. The molecule has 0 bridgehead atoms. The van der Waals surface area contributed by atoms with Gasteiger partial charge in [0.2, 0.25) is 15.9 Å². The van der Waals surface area contributed by atoms with Crippen molar-refractivity contribution in [2.24, 2.45) is 5.92 Å². The summed E-state index contributed by atoms with van der Waals surface area (Å²) >= 11 is 0. The molecule has 0 unspecified atom stereocenters. The number of hydrogen-bond acceptors (Lipinski definition) is 4. The molecular weight excluding hydrogens is 362 g/mol. The van der Waals surface area contributed by atoms with Gasteiger partial charge in [-0.15, -0.1) is 0 Å². The molecule has 0 aromatic heterocycles. The van der Waals surface area contributed by atoms with Gasteiger partial charge in [-0.1, -0.05) is 26.0 Å². The average molecular weight is 396 g/mol. The van der Waals surface area contributed by atoms with E-state index in [1.807, 2.05) is 30.9 Å². The molecule has 7 heteroatoms. The van der Waals surface area contributed by atoms with Gasteiger partial charge in [-0.05, 0) is 43.9 Å². The summed E-state index contributed by atoms with van der Waals surface area (Å²) in [5.41, 5.74) is 1.13. The minimum Gasteiger partial charge on any atom is -0.340 e. The predicted octanol–water partition coefficient (Wildman–Crippen LogP) is 2.11. The third-order valence-corrected chi connectivity index (χ3v) is 6.86. The predicted molar refractivity (Wildman–Crippen MR) is 108 cm³/mol. The molecule has 152 valence electrons. The molecule has 1 saturated heterocycles. The molecule has 0 aliphatic carbocycles. The van der Waals surface area contributed by atoms with E-state index in [9.17, 15) is 13.2 Å². The van der Waals surface area contributed by atoms with Crippen molar-refractivity contribution in [3.8, 4) is 0 Å². The zero-order valence-electron chi connectivity index (χ0n) is 16.9. The number of carbonyl (C=O) groups excluding carboxylic acids is 1. The van der Waals surface area contributed by atoms with Crippen molar-refractivity contribution < 1.29 is 13.2 Å². The molecule has 2 rings (SSSR count). The zero-order valence-corrected chi connectivity index (χ0v) is 17.8. The Balaban J connectivity index is 2.08. The van der Waals surface area contributed by atoms with Crippen LogP contribution in [0.5, 0.6) is 0 Å². The van der Waals surface area contributed by atoms with Crippen molar-refractivity contribution in [3.63, 3.8) is 0 Å². The van der Waals surface area contributed by atoms with E-state index in [0.717, 1.165) is 25.1 Å². The van der Waals surface area contributed by atoms with Crippen LogP contribution in [-0.2, 0) is 21.2 Å². The monoisotopic (exact) mass is 395 g/mol. The summed E-state index contributed by atoms with van der Waals surface area (Å²) in [7, 11) is -3.62. The molecular formula is C20H33N3O3S. The first kappa shape index (κ1) is 21.9. The molecule has 1 fully saturated rings. The van der Waals surface area contributed by atoms with Crippen molar-refractivity contribution in [2.45, 2.75) is 51.5 Å². The Morgan fingerprint density at radius 2 is 1.70 bits per heavy atom. The highest BCUT2D eigenvalue weighted by atomic mass is 32.2. The van der Waals surface area contributed by atoms with E-state index in [4.69, 9.17) is 0 Å². The fourth-order valence-electron chi connectivity index (χ4n) is 3.34. The van der Waals surface area contributed by atoms with Crippen molar-refractivity contribution in [1.82, 2.24) is 14.5 Å². The van der Waals surface area contributed by atoms with E-state index in [2.05, 4.69) is 19.2 Å². The fourth-order valence-corrected chi connectivity index (χ4v) is 4.98. The summed E-state index contributed by atoms with van der Waals surface area (Å²) in [6, 6.07) is 6.93. The third-order valence-electron chi connectivity index (χ3n) is 4.77. The van der Waals surface area contributed by atoms with Gasteiger partial charge in [-0.3, -0.25) is 4.79 Å². The molecule has 0 atom stereocenters. The fraction of sp³-hybridized carbons (Fsp3) is 0.650. The summed E-state index contributed by atoms with van der Waals surface area (Å²) in [5, 5.41) is 3.21. The first-order chi connectivity index (χ1) is 12.7. The van der Waals surface area contributed by atoms with E-state index < -0.39 is 10.0 Å². The van der Waals surface area contributed by atoms with Crippen LogP contribution in [0.2, 0.25) is 0 Å². The van der Waals surface area contributed by atoms with Gasteiger partial charge in [0.1, 0.15) is 0 Å². The smallest absolute Gasteiger partial charge is 0.243 e. The Hall–Kier alpha value is -1.44. The lowest BCUT2D eigenvalue weighted by atomic mass is 10.0. The topological polar surface area (TPSA) is 69.7 Å². The number of piperazine rings is 1. The van der Waals surface area contributed by atoms with Crippen LogP contribution in [0.15, 0.2) is 29.2 Å². The first-order valence-corrected chi connectivity index (χ1v) is 11.2. The molecule has 0 spiro atoms. The molecule has 0 radical (unpaired) electrons. The third kappa shape index (κ3) is 6.02. The lowest BCUT2D eigenvalue weighted by molar-refractivity contribution is -0.131. The molecule has 1 aliphatic heterocycles. The van der Waals surface area contributed by atoms with Gasteiger partial charge in [0.05, 0.1) is 4.90 Å². The number of hydrogen-bond donors (Lipinski definition) is 1. The summed E-state index contributed by atoms with van der Waals surface area (Å²) in [6.07, 6.45) is 1.14. The molecule has 1 aromatic rings. The quantitative estimate of drug-likeness (QED) is 0.732. The van der Waals surface area contributed by atoms with Crippen LogP contribution in [0, 0.1) is 5.92 Å².